The van der Waals surface area contributed by atoms with Gasteiger partial charge in [-0.2, -0.15) is 0 Å². The normalized spacial score (nSPS) is 5.18. The maximum Gasteiger partial charge on any atom is 1.00 e. The van der Waals surface area contributed by atoms with Crippen LogP contribution in [0.4, 0.5) is 0 Å². The summed E-state index contributed by atoms with van der Waals surface area (Å²) in [7, 11) is 0. The van der Waals surface area contributed by atoms with E-state index in [1.807, 2.05) is 0 Å². The van der Waals surface area contributed by atoms with Crippen molar-refractivity contribution in [3.8, 4) is 0 Å². The van der Waals surface area contributed by atoms with Gasteiger partial charge >= 0.3 is 411 Å². The van der Waals surface area contributed by atoms with Gasteiger partial charge in [0.2, 0.25) is 0 Å². The van der Waals surface area contributed by atoms with E-state index in [1.54, 1.807) is 0 Å². The van der Waals surface area contributed by atoms with E-state index in [1.165, 1.54) is 0 Å². The van der Waals surface area contributed by atoms with Crippen molar-refractivity contribution in [1.29, 1.82) is 0 Å². The third-order valence-corrected chi connectivity index (χ3v) is 0.667. The van der Waals surface area contributed by atoms with E-state index in [9.17, 15) is 0 Å². The van der Waals surface area contributed by atoms with Gasteiger partial charge in [-0.15, -0.1) is 0 Å². The summed E-state index contributed by atoms with van der Waals surface area (Å²) >= 11 is 0. The first kappa shape index (κ1) is 90.2. The van der Waals surface area contributed by atoms with Crippen molar-refractivity contribution >= 4 is 47.8 Å². The van der Waals surface area contributed by atoms with Crippen LogP contribution in [0.2, 0.25) is 0 Å². The maximum atomic E-state index is 8.93. The molecular weight excluding hydrogens is 697 g/mol. The molecule has 0 atom stereocenters. The SMILES string of the molecule is O.O.O=C([O-])C(=O)[O-].O=C([O-])C(=O)[O-].O=C([O-])C(=O)[O-].O=C([O-])C(=O)[O-].[K+].[K+].[K+].[K+].[K+].[K+].[K+].[K+]. The number of rotatable bonds is 0. The van der Waals surface area contributed by atoms with E-state index in [2.05, 4.69) is 0 Å². The second-order valence-electron chi connectivity index (χ2n) is 2.30. The minimum atomic E-state index is -2.19. The number of hydrogen-bond donors (Lipinski definition) is 0. The summed E-state index contributed by atoms with van der Waals surface area (Å²) in [6, 6.07) is 0. The van der Waals surface area contributed by atoms with Gasteiger partial charge in [-0.05, 0) is 0 Å². The maximum absolute atomic E-state index is 8.93. The molecule has 0 radical (unpaired) electrons. The van der Waals surface area contributed by atoms with E-state index in [0.29, 0.717) is 0 Å². The molecule has 0 unspecified atom stereocenters. The molecule has 0 aliphatic rings. The Morgan fingerprint density at radius 1 is 0.235 bits per heavy atom. The van der Waals surface area contributed by atoms with Crippen LogP contribution in [0.3, 0.4) is 0 Å². The van der Waals surface area contributed by atoms with Crippen molar-refractivity contribution in [2.24, 2.45) is 0 Å². The van der Waals surface area contributed by atoms with Gasteiger partial charge in [-0.1, -0.05) is 0 Å². The average Bonchev–Trinajstić information content (AvgIpc) is 2.40. The Kier molecular flexibility index (Phi) is 171. The summed E-state index contributed by atoms with van der Waals surface area (Å²) in [5.74, 6) is -17.5. The Bertz CT molecular complexity index is 410. The Morgan fingerprint density at radius 2 is 0.265 bits per heavy atom. The molecule has 0 spiro atoms. The molecule has 0 rings (SSSR count). The fourth-order valence-electron chi connectivity index (χ4n) is 0. The minimum absolute atomic E-state index is 0. The smallest absolute Gasteiger partial charge is 0.543 e. The van der Waals surface area contributed by atoms with Gasteiger partial charge in [0.15, 0.2) is 0 Å². The van der Waals surface area contributed by atoms with Gasteiger partial charge in [-0.3, -0.25) is 0 Å². The molecular formula is C8H4K8O18. The van der Waals surface area contributed by atoms with Crippen LogP contribution in [-0.2, 0) is 38.4 Å². The number of carboxylic acids is 8. The summed E-state index contributed by atoms with van der Waals surface area (Å²) in [5.41, 5.74) is 0. The molecule has 34 heavy (non-hydrogen) atoms. The molecule has 4 N–H and O–H groups in total. The predicted octanol–water partition coefficient (Wildman–Crippen LogP) is -39.7. The number of carbonyl (C=O) groups is 8. The molecule has 0 saturated carbocycles. The Balaban J connectivity index is -0.0000000119. The first-order valence-electron chi connectivity index (χ1n) is 4.27. The summed E-state index contributed by atoms with van der Waals surface area (Å²) in [4.78, 5) is 71.4. The van der Waals surface area contributed by atoms with Gasteiger partial charge in [0.25, 0.3) is 0 Å². The van der Waals surface area contributed by atoms with E-state index in [-0.39, 0.29) is 422 Å². The van der Waals surface area contributed by atoms with Crippen molar-refractivity contribution < 1.29 is 501 Å². The largest absolute Gasteiger partial charge is 1.00 e. The van der Waals surface area contributed by atoms with Gasteiger partial charge in [0.05, 0.1) is 47.8 Å². The molecule has 0 heterocycles. The molecule has 0 aliphatic heterocycles. The first-order valence-corrected chi connectivity index (χ1v) is 4.27. The van der Waals surface area contributed by atoms with Gasteiger partial charge < -0.3 is 90.2 Å². The van der Waals surface area contributed by atoms with Gasteiger partial charge in [0, 0.05) is 0 Å². The quantitative estimate of drug-likeness (QED) is 0.167. The Labute approximate surface area is 530 Å². The monoisotopic (exact) mass is 700 g/mol. The topological polar surface area (TPSA) is 384 Å². The zero-order valence-electron chi connectivity index (χ0n) is 19.5. The molecule has 26 heteroatoms. The van der Waals surface area contributed by atoms with Crippen molar-refractivity contribution in [1.82, 2.24) is 0 Å². The third-order valence-electron chi connectivity index (χ3n) is 0.667. The number of carbonyl (C=O) groups excluding carboxylic acids is 8. The molecule has 18 nitrogen and oxygen atoms in total. The van der Waals surface area contributed by atoms with Crippen LogP contribution in [0.25, 0.3) is 0 Å². The van der Waals surface area contributed by atoms with Crippen LogP contribution >= 0.6 is 0 Å². The fourth-order valence-corrected chi connectivity index (χ4v) is 0. The standard InChI is InChI=1S/4C2H2O4.8K.2H2O/c4*3-1(4)2(5)6;;;;;;;;;;/h4*(H,3,4)(H,5,6);;;;;;;;;2*1H2/q;;;;8*+1;;/p-8. The average molecular weight is 701 g/mol. The van der Waals surface area contributed by atoms with E-state index in [4.69, 9.17) is 79.2 Å². The van der Waals surface area contributed by atoms with E-state index in [0.717, 1.165) is 0 Å². The van der Waals surface area contributed by atoms with Crippen LogP contribution in [0.1, 0.15) is 0 Å². The summed E-state index contributed by atoms with van der Waals surface area (Å²) in [6.45, 7) is 0. The zero-order chi connectivity index (χ0) is 20.6. The number of hydrogen-bond acceptors (Lipinski definition) is 16. The van der Waals surface area contributed by atoms with Crippen molar-refractivity contribution in [3.63, 3.8) is 0 Å². The Hall–Kier alpha value is 8.77. The summed E-state index contributed by atoms with van der Waals surface area (Å²) in [5, 5.41) is 71.4. The molecule has 152 valence electrons. The van der Waals surface area contributed by atoms with Crippen LogP contribution in [0, 0.1) is 0 Å². The second kappa shape index (κ2) is 64.7. The molecule has 0 amide bonds. The van der Waals surface area contributed by atoms with E-state index < -0.39 is 47.8 Å². The van der Waals surface area contributed by atoms with Crippen molar-refractivity contribution in [2.45, 2.75) is 0 Å². The van der Waals surface area contributed by atoms with Crippen LogP contribution < -0.4 is 452 Å². The van der Waals surface area contributed by atoms with Gasteiger partial charge in [-0.25, -0.2) is 0 Å². The molecule has 0 aromatic carbocycles. The number of aliphatic carboxylic acids is 8. The predicted molar refractivity (Wildman–Crippen MR) is 47.3 cm³/mol. The zero-order valence-corrected chi connectivity index (χ0v) is 44.5. The van der Waals surface area contributed by atoms with Crippen molar-refractivity contribution in [3.05, 3.63) is 0 Å². The van der Waals surface area contributed by atoms with Crippen LogP contribution in [-0.4, -0.2) is 58.7 Å². The molecule has 0 saturated heterocycles. The van der Waals surface area contributed by atoms with E-state index >= 15 is 0 Å². The fraction of sp³-hybridized carbons (Fsp3) is 0. The molecule has 0 bridgehead atoms. The minimum Gasteiger partial charge on any atom is -0.543 e. The van der Waals surface area contributed by atoms with Crippen molar-refractivity contribution in [2.75, 3.05) is 0 Å². The van der Waals surface area contributed by atoms with Crippen LogP contribution in [0.15, 0.2) is 0 Å². The second-order valence-corrected chi connectivity index (χ2v) is 2.30. The summed E-state index contributed by atoms with van der Waals surface area (Å²) in [6.07, 6.45) is 0. The summed E-state index contributed by atoms with van der Waals surface area (Å²) < 4.78 is 0. The molecule has 0 fully saturated rings. The molecule has 0 aromatic heterocycles. The third kappa shape index (κ3) is 105. The molecule has 0 aromatic rings. The van der Waals surface area contributed by atoms with Gasteiger partial charge in [0.1, 0.15) is 0 Å². The molecule has 0 aliphatic carbocycles. The Morgan fingerprint density at radius 3 is 0.265 bits per heavy atom. The number of carboxylic acid groups (broad SMARTS) is 8. The first-order chi connectivity index (χ1) is 10.6. The van der Waals surface area contributed by atoms with Crippen LogP contribution in [0.5, 0.6) is 0 Å².